The van der Waals surface area contributed by atoms with Crippen LogP contribution in [0.25, 0.3) is 0 Å². The third kappa shape index (κ3) is 3.95. The molecule has 0 amide bonds. The molecule has 0 saturated carbocycles. The Hall–Kier alpha value is -1.10. The summed E-state index contributed by atoms with van der Waals surface area (Å²) in [6.45, 7) is 3.06. The van der Waals surface area contributed by atoms with Gasteiger partial charge in [0.2, 0.25) is 0 Å². The first-order valence-electron chi connectivity index (χ1n) is 6.62. The van der Waals surface area contributed by atoms with Crippen molar-refractivity contribution in [1.29, 1.82) is 0 Å². The van der Waals surface area contributed by atoms with Crippen molar-refractivity contribution >= 4 is 23.2 Å². The number of hydrogen-bond acceptors (Lipinski definition) is 3. The first-order valence-corrected chi connectivity index (χ1v) is 7.38. The quantitative estimate of drug-likeness (QED) is 0.889. The van der Waals surface area contributed by atoms with E-state index in [2.05, 4.69) is 22.3 Å². The van der Waals surface area contributed by atoms with Crippen LogP contribution in [0.15, 0.2) is 24.5 Å². The fourth-order valence-electron chi connectivity index (χ4n) is 2.09. The number of hydrogen-bond donors (Lipinski definition) is 1. The normalized spacial score (nSPS) is 12.6. The Morgan fingerprint density at radius 1 is 1.25 bits per heavy atom. The molecule has 0 aliphatic carbocycles. The summed E-state index contributed by atoms with van der Waals surface area (Å²) >= 11 is 12.2. The minimum atomic E-state index is 0.119. The molecular weight excluding hydrogens is 295 g/mol. The summed E-state index contributed by atoms with van der Waals surface area (Å²) < 4.78 is 1.78. The van der Waals surface area contributed by atoms with Gasteiger partial charge in [0.15, 0.2) is 0 Å². The molecule has 1 aromatic heterocycles. The Morgan fingerprint density at radius 3 is 2.50 bits per heavy atom. The maximum atomic E-state index is 6.10. The second kappa shape index (κ2) is 7.07. The van der Waals surface area contributed by atoms with Crippen LogP contribution < -0.4 is 5.32 Å². The van der Waals surface area contributed by atoms with Crippen LogP contribution in [0.1, 0.15) is 30.8 Å². The van der Waals surface area contributed by atoms with Gasteiger partial charge in [-0.25, -0.2) is 4.98 Å². The van der Waals surface area contributed by atoms with Crippen molar-refractivity contribution in [3.05, 3.63) is 46.0 Å². The van der Waals surface area contributed by atoms with E-state index in [1.54, 1.807) is 17.1 Å². The molecule has 0 spiro atoms. The highest BCUT2D eigenvalue weighted by atomic mass is 35.5. The first-order chi connectivity index (χ1) is 9.60. The van der Waals surface area contributed by atoms with Gasteiger partial charge in [0.05, 0.1) is 0 Å². The summed E-state index contributed by atoms with van der Waals surface area (Å²) in [5.41, 5.74) is 1.07. The van der Waals surface area contributed by atoms with Crippen LogP contribution in [0, 0.1) is 0 Å². The molecule has 1 N–H and O–H groups in total. The fourth-order valence-corrected chi connectivity index (χ4v) is 2.63. The van der Waals surface area contributed by atoms with Crippen LogP contribution in [0.5, 0.6) is 0 Å². The Bertz CT molecular complexity index is 548. The molecule has 6 heteroatoms. The maximum Gasteiger partial charge on any atom is 0.138 e. The van der Waals surface area contributed by atoms with Crippen molar-refractivity contribution in [2.24, 2.45) is 7.05 Å². The molecule has 1 atom stereocenters. The molecule has 1 heterocycles. The highest BCUT2D eigenvalue weighted by molar-refractivity contribution is 6.34. The van der Waals surface area contributed by atoms with Crippen LogP contribution in [-0.2, 0) is 13.5 Å². The van der Waals surface area contributed by atoms with E-state index in [1.807, 2.05) is 19.2 Å². The molecule has 4 nitrogen and oxygen atoms in total. The molecule has 0 aliphatic rings. The van der Waals surface area contributed by atoms with Gasteiger partial charge in [-0.1, -0.05) is 30.1 Å². The molecule has 0 aliphatic heterocycles. The Balaban J connectivity index is 2.24. The van der Waals surface area contributed by atoms with Gasteiger partial charge in [0.25, 0.3) is 0 Å². The summed E-state index contributed by atoms with van der Waals surface area (Å²) in [5, 5.41) is 8.91. The maximum absolute atomic E-state index is 6.10. The molecule has 20 heavy (non-hydrogen) atoms. The number of halogens is 2. The molecule has 0 bridgehead atoms. The number of benzene rings is 1. The third-order valence-electron chi connectivity index (χ3n) is 3.12. The van der Waals surface area contributed by atoms with Gasteiger partial charge in [-0.05, 0) is 36.7 Å². The van der Waals surface area contributed by atoms with Crippen LogP contribution in [0.2, 0.25) is 10.0 Å². The lowest BCUT2D eigenvalue weighted by atomic mass is 10.0. The number of aryl methyl sites for hydroxylation is 1. The standard InChI is InChI=1S/C14H18Cl2N4/c1-3-4-17-13(8-14-18-9-19-20(14)2)10-5-11(15)7-12(16)6-10/h5-7,9,13,17H,3-4,8H2,1-2H3. The molecule has 2 aromatic rings. The monoisotopic (exact) mass is 312 g/mol. The highest BCUT2D eigenvalue weighted by Crippen LogP contribution is 2.25. The van der Waals surface area contributed by atoms with Crippen molar-refractivity contribution in [3.63, 3.8) is 0 Å². The van der Waals surface area contributed by atoms with Gasteiger partial charge < -0.3 is 5.32 Å². The van der Waals surface area contributed by atoms with E-state index in [1.165, 1.54) is 0 Å². The summed E-state index contributed by atoms with van der Waals surface area (Å²) in [5.74, 6) is 0.926. The average Bonchev–Trinajstić information content (AvgIpc) is 2.78. The van der Waals surface area contributed by atoms with Crippen LogP contribution in [-0.4, -0.2) is 21.3 Å². The SMILES string of the molecule is CCCNC(Cc1ncnn1C)c1cc(Cl)cc(Cl)c1. The van der Waals surface area contributed by atoms with Crippen molar-refractivity contribution in [2.45, 2.75) is 25.8 Å². The van der Waals surface area contributed by atoms with E-state index in [-0.39, 0.29) is 6.04 Å². The van der Waals surface area contributed by atoms with Gasteiger partial charge in [-0.2, -0.15) is 5.10 Å². The largest absolute Gasteiger partial charge is 0.310 e. The molecule has 0 fully saturated rings. The lowest BCUT2D eigenvalue weighted by Crippen LogP contribution is -2.25. The van der Waals surface area contributed by atoms with Crippen molar-refractivity contribution in [2.75, 3.05) is 6.54 Å². The number of aromatic nitrogens is 3. The molecule has 0 radical (unpaired) electrons. The average molecular weight is 313 g/mol. The molecule has 1 unspecified atom stereocenters. The zero-order valence-electron chi connectivity index (χ0n) is 11.6. The van der Waals surface area contributed by atoms with Crippen molar-refractivity contribution in [1.82, 2.24) is 20.1 Å². The van der Waals surface area contributed by atoms with E-state index in [0.717, 1.165) is 30.8 Å². The van der Waals surface area contributed by atoms with Crippen molar-refractivity contribution < 1.29 is 0 Å². The Kier molecular flexibility index (Phi) is 5.40. The predicted molar refractivity (Wildman–Crippen MR) is 82.2 cm³/mol. The second-order valence-corrected chi connectivity index (χ2v) is 5.59. The van der Waals surface area contributed by atoms with Crippen LogP contribution in [0.3, 0.4) is 0 Å². The molecule has 108 valence electrons. The summed E-state index contributed by atoms with van der Waals surface area (Å²) in [4.78, 5) is 4.28. The Labute approximate surface area is 129 Å². The topological polar surface area (TPSA) is 42.7 Å². The molecule has 2 rings (SSSR count). The van der Waals surface area contributed by atoms with Crippen LogP contribution in [0.4, 0.5) is 0 Å². The number of nitrogens with one attached hydrogen (secondary N) is 1. The van der Waals surface area contributed by atoms with Gasteiger partial charge >= 0.3 is 0 Å². The predicted octanol–water partition coefficient (Wildman–Crippen LogP) is 3.41. The molecular formula is C14H18Cl2N4. The fraction of sp³-hybridized carbons (Fsp3) is 0.429. The zero-order valence-corrected chi connectivity index (χ0v) is 13.1. The third-order valence-corrected chi connectivity index (χ3v) is 3.56. The van der Waals surface area contributed by atoms with E-state index in [0.29, 0.717) is 10.0 Å². The minimum absolute atomic E-state index is 0.119. The summed E-state index contributed by atoms with van der Waals surface area (Å²) in [6.07, 6.45) is 3.37. The highest BCUT2D eigenvalue weighted by Gasteiger charge is 2.15. The summed E-state index contributed by atoms with van der Waals surface area (Å²) in [6, 6.07) is 5.74. The second-order valence-electron chi connectivity index (χ2n) is 4.71. The minimum Gasteiger partial charge on any atom is -0.310 e. The molecule has 1 aromatic carbocycles. The van der Waals surface area contributed by atoms with Gasteiger partial charge in [-0.15, -0.1) is 0 Å². The van der Waals surface area contributed by atoms with E-state index < -0.39 is 0 Å². The molecule has 0 saturated heterocycles. The summed E-state index contributed by atoms with van der Waals surface area (Å²) in [7, 11) is 1.89. The van der Waals surface area contributed by atoms with E-state index in [4.69, 9.17) is 23.2 Å². The Morgan fingerprint density at radius 2 is 1.95 bits per heavy atom. The van der Waals surface area contributed by atoms with E-state index in [9.17, 15) is 0 Å². The van der Waals surface area contributed by atoms with E-state index >= 15 is 0 Å². The smallest absolute Gasteiger partial charge is 0.138 e. The lowest BCUT2D eigenvalue weighted by Gasteiger charge is -2.19. The van der Waals surface area contributed by atoms with Gasteiger partial charge in [0.1, 0.15) is 12.2 Å². The van der Waals surface area contributed by atoms with Gasteiger partial charge in [-0.3, -0.25) is 4.68 Å². The number of nitrogens with zero attached hydrogens (tertiary/aromatic N) is 3. The van der Waals surface area contributed by atoms with Crippen LogP contribution >= 0.6 is 23.2 Å². The zero-order chi connectivity index (χ0) is 14.5. The lowest BCUT2D eigenvalue weighted by molar-refractivity contribution is 0.506. The van der Waals surface area contributed by atoms with Gasteiger partial charge in [0, 0.05) is 29.6 Å². The van der Waals surface area contributed by atoms with Crippen molar-refractivity contribution in [3.8, 4) is 0 Å². The first kappa shape index (κ1) is 15.3. The number of rotatable bonds is 6.